The van der Waals surface area contributed by atoms with E-state index in [1.165, 1.54) is 0 Å². The molecule has 9 heteroatoms. The average molecular weight is 405 g/mol. The van der Waals surface area contributed by atoms with E-state index in [9.17, 15) is 19.2 Å². The van der Waals surface area contributed by atoms with Crippen LogP contribution in [0.2, 0.25) is 0 Å². The zero-order valence-electron chi connectivity index (χ0n) is 16.1. The molecule has 152 valence electrons. The Morgan fingerprint density at radius 3 is 2.53 bits per heavy atom. The fourth-order valence-electron chi connectivity index (χ4n) is 3.41. The van der Waals surface area contributed by atoms with E-state index in [0.29, 0.717) is 16.5 Å². The monoisotopic (exact) mass is 405 g/mol. The second kappa shape index (κ2) is 7.43. The topological polar surface area (TPSA) is 124 Å². The van der Waals surface area contributed by atoms with Crippen molar-refractivity contribution < 1.29 is 14.4 Å². The Bertz CT molecular complexity index is 1210. The summed E-state index contributed by atoms with van der Waals surface area (Å²) < 4.78 is 0. The molecule has 30 heavy (non-hydrogen) atoms. The number of fused-ring (bicyclic) bond motifs is 1. The molecule has 3 N–H and O–H groups in total. The number of H-pyrrole nitrogens is 1. The van der Waals surface area contributed by atoms with Crippen molar-refractivity contribution in [1.29, 1.82) is 0 Å². The minimum absolute atomic E-state index is 0.0431. The van der Waals surface area contributed by atoms with Crippen molar-refractivity contribution in [2.24, 2.45) is 0 Å². The van der Waals surface area contributed by atoms with Gasteiger partial charge in [-0.3, -0.25) is 19.3 Å². The molecule has 4 rings (SSSR count). The summed E-state index contributed by atoms with van der Waals surface area (Å²) >= 11 is 0. The van der Waals surface area contributed by atoms with Gasteiger partial charge in [-0.25, -0.2) is 9.78 Å². The standard InChI is InChI=1S/C21H19N5O4/c1-21(13-7-3-2-4-8-13)19(29)26(20(30)25-21)12-17(27)22-11-16-23-15-10-6-5-9-14(15)18(28)24-16/h2-10H,11-12H2,1H3,(H,22,27)(H,25,30)(H,23,24,28). The van der Waals surface area contributed by atoms with Gasteiger partial charge in [-0.2, -0.15) is 0 Å². The number of imide groups is 1. The van der Waals surface area contributed by atoms with Crippen molar-refractivity contribution in [1.82, 2.24) is 25.5 Å². The Kier molecular flexibility index (Phi) is 4.78. The Labute approximate surface area is 171 Å². The lowest BCUT2D eigenvalue weighted by Crippen LogP contribution is -2.43. The highest BCUT2D eigenvalue weighted by molar-refractivity contribution is 6.09. The van der Waals surface area contributed by atoms with Gasteiger partial charge in [0.25, 0.3) is 11.5 Å². The largest absolute Gasteiger partial charge is 0.347 e. The first kappa shape index (κ1) is 19.3. The van der Waals surface area contributed by atoms with Gasteiger partial charge in [0.05, 0.1) is 17.4 Å². The normalized spacial score (nSPS) is 18.5. The van der Waals surface area contributed by atoms with Gasteiger partial charge >= 0.3 is 6.03 Å². The van der Waals surface area contributed by atoms with Gasteiger partial charge < -0.3 is 15.6 Å². The highest BCUT2D eigenvalue weighted by atomic mass is 16.2. The van der Waals surface area contributed by atoms with Crippen molar-refractivity contribution in [3.63, 3.8) is 0 Å². The molecule has 3 aromatic rings. The van der Waals surface area contributed by atoms with Crippen LogP contribution in [-0.4, -0.2) is 39.3 Å². The number of nitrogens with one attached hydrogen (secondary N) is 3. The highest BCUT2D eigenvalue weighted by Gasteiger charge is 2.49. The number of nitrogens with zero attached hydrogens (tertiary/aromatic N) is 2. The number of urea groups is 1. The van der Waals surface area contributed by atoms with Gasteiger partial charge in [0.1, 0.15) is 17.9 Å². The molecule has 1 aliphatic heterocycles. The molecule has 1 fully saturated rings. The molecule has 2 heterocycles. The molecular formula is C21H19N5O4. The van der Waals surface area contributed by atoms with Crippen LogP contribution in [0.1, 0.15) is 18.3 Å². The molecule has 0 bridgehead atoms. The third-order valence-corrected chi connectivity index (χ3v) is 5.04. The van der Waals surface area contributed by atoms with Crippen LogP contribution in [0.5, 0.6) is 0 Å². The van der Waals surface area contributed by atoms with Crippen LogP contribution in [0, 0.1) is 0 Å². The lowest BCUT2D eigenvalue weighted by molar-refractivity contribution is -0.134. The maximum Gasteiger partial charge on any atom is 0.325 e. The fourth-order valence-corrected chi connectivity index (χ4v) is 3.41. The summed E-state index contributed by atoms with van der Waals surface area (Å²) in [5.74, 6) is -0.781. The molecule has 2 aromatic carbocycles. The summed E-state index contributed by atoms with van der Waals surface area (Å²) in [5.41, 5.74) is -0.399. The van der Waals surface area contributed by atoms with E-state index < -0.39 is 29.9 Å². The smallest absolute Gasteiger partial charge is 0.325 e. The second-order valence-corrected chi connectivity index (χ2v) is 7.12. The molecule has 1 unspecified atom stereocenters. The summed E-state index contributed by atoms with van der Waals surface area (Å²) in [5, 5.41) is 5.68. The van der Waals surface area contributed by atoms with Gasteiger partial charge in [-0.1, -0.05) is 42.5 Å². The Balaban J connectivity index is 1.44. The SMILES string of the molecule is CC1(c2ccccc2)NC(=O)N(CC(=O)NCc2nc3ccccc3c(=O)[nH]2)C1=O. The van der Waals surface area contributed by atoms with Crippen LogP contribution < -0.4 is 16.2 Å². The molecule has 1 saturated heterocycles. The number of benzene rings is 2. The van der Waals surface area contributed by atoms with Crippen LogP contribution in [0.25, 0.3) is 10.9 Å². The zero-order chi connectivity index (χ0) is 21.3. The maximum absolute atomic E-state index is 12.8. The summed E-state index contributed by atoms with van der Waals surface area (Å²) in [6.45, 7) is 1.12. The number of para-hydroxylation sites is 1. The van der Waals surface area contributed by atoms with Gasteiger partial charge in [-0.15, -0.1) is 0 Å². The maximum atomic E-state index is 12.8. The van der Waals surface area contributed by atoms with Crippen molar-refractivity contribution in [2.45, 2.75) is 19.0 Å². The predicted octanol–water partition coefficient (Wildman–Crippen LogP) is 1.01. The Morgan fingerprint density at radius 2 is 1.77 bits per heavy atom. The van der Waals surface area contributed by atoms with Crippen molar-refractivity contribution in [3.05, 3.63) is 76.3 Å². The zero-order valence-corrected chi connectivity index (χ0v) is 16.1. The van der Waals surface area contributed by atoms with E-state index in [2.05, 4.69) is 20.6 Å². The van der Waals surface area contributed by atoms with E-state index in [1.54, 1.807) is 55.5 Å². The molecular weight excluding hydrogens is 386 g/mol. The van der Waals surface area contributed by atoms with Crippen LogP contribution in [-0.2, 0) is 21.7 Å². The summed E-state index contributed by atoms with van der Waals surface area (Å²) in [4.78, 5) is 57.4. The quantitative estimate of drug-likeness (QED) is 0.547. The van der Waals surface area contributed by atoms with Gasteiger partial charge in [0.15, 0.2) is 0 Å². The third-order valence-electron chi connectivity index (χ3n) is 5.04. The molecule has 1 aromatic heterocycles. The number of carbonyl (C=O) groups excluding carboxylic acids is 3. The van der Waals surface area contributed by atoms with Crippen molar-refractivity contribution in [3.8, 4) is 0 Å². The number of hydrogen-bond acceptors (Lipinski definition) is 5. The lowest BCUT2D eigenvalue weighted by atomic mass is 9.92. The van der Waals surface area contributed by atoms with E-state index in [-0.39, 0.29) is 17.9 Å². The second-order valence-electron chi connectivity index (χ2n) is 7.12. The number of rotatable bonds is 5. The van der Waals surface area contributed by atoms with E-state index in [4.69, 9.17) is 0 Å². The van der Waals surface area contributed by atoms with Crippen molar-refractivity contribution in [2.75, 3.05) is 6.54 Å². The number of carbonyl (C=O) groups is 3. The van der Waals surface area contributed by atoms with Crippen LogP contribution >= 0.6 is 0 Å². The van der Waals surface area contributed by atoms with Crippen molar-refractivity contribution >= 4 is 28.7 Å². The Morgan fingerprint density at radius 1 is 1.07 bits per heavy atom. The van der Waals surface area contributed by atoms with Crippen LogP contribution in [0.4, 0.5) is 4.79 Å². The number of aromatic nitrogens is 2. The van der Waals surface area contributed by atoms with E-state index >= 15 is 0 Å². The van der Waals surface area contributed by atoms with Gasteiger partial charge in [-0.05, 0) is 24.6 Å². The summed E-state index contributed by atoms with van der Waals surface area (Å²) in [6.07, 6.45) is 0. The molecule has 1 atom stereocenters. The van der Waals surface area contributed by atoms with Crippen LogP contribution in [0.15, 0.2) is 59.4 Å². The molecule has 4 amide bonds. The summed E-state index contributed by atoms with van der Waals surface area (Å²) in [6, 6.07) is 15.1. The van der Waals surface area contributed by atoms with E-state index in [1.807, 2.05) is 6.07 Å². The predicted molar refractivity (Wildman–Crippen MR) is 108 cm³/mol. The minimum Gasteiger partial charge on any atom is -0.347 e. The van der Waals surface area contributed by atoms with Gasteiger partial charge in [0, 0.05) is 0 Å². The molecule has 0 radical (unpaired) electrons. The highest BCUT2D eigenvalue weighted by Crippen LogP contribution is 2.28. The third kappa shape index (κ3) is 3.41. The lowest BCUT2D eigenvalue weighted by Gasteiger charge is -2.22. The molecule has 0 saturated carbocycles. The molecule has 0 spiro atoms. The minimum atomic E-state index is -1.23. The molecule has 9 nitrogen and oxygen atoms in total. The van der Waals surface area contributed by atoms with Gasteiger partial charge in [0.2, 0.25) is 5.91 Å². The number of hydrogen-bond donors (Lipinski definition) is 3. The average Bonchev–Trinajstić information content (AvgIpc) is 2.97. The molecule has 0 aliphatic carbocycles. The molecule has 1 aliphatic rings. The first-order valence-electron chi connectivity index (χ1n) is 9.33. The first-order chi connectivity index (χ1) is 14.4. The number of aromatic amines is 1. The fraction of sp³-hybridized carbons (Fsp3) is 0.190. The van der Waals surface area contributed by atoms with E-state index in [0.717, 1.165) is 4.90 Å². The Hall–Kier alpha value is -4.01. The first-order valence-corrected chi connectivity index (χ1v) is 9.33. The number of amides is 4. The summed E-state index contributed by atoms with van der Waals surface area (Å²) in [7, 11) is 0. The van der Waals surface area contributed by atoms with Crippen LogP contribution in [0.3, 0.4) is 0 Å².